The Balaban J connectivity index is 1.71. The molecule has 1 aliphatic heterocycles. The van der Waals surface area contributed by atoms with Gasteiger partial charge >= 0.3 is 0 Å². The van der Waals surface area contributed by atoms with Crippen LogP contribution < -0.4 is 4.90 Å². The molecule has 0 N–H and O–H groups in total. The highest BCUT2D eigenvalue weighted by molar-refractivity contribution is 6.03. The Bertz CT molecular complexity index is 649. The molecule has 3 heteroatoms. The maximum atomic E-state index is 12.2. The van der Waals surface area contributed by atoms with E-state index in [-0.39, 0.29) is 12.5 Å². The summed E-state index contributed by atoms with van der Waals surface area (Å²) in [6, 6.07) is 18.3. The van der Waals surface area contributed by atoms with Crippen LogP contribution in [0.1, 0.15) is 17.5 Å². The Morgan fingerprint density at radius 2 is 1.76 bits per heavy atom. The third-order valence-corrected chi connectivity index (χ3v) is 3.68. The summed E-state index contributed by atoms with van der Waals surface area (Å²) in [7, 11) is 0. The first-order valence-corrected chi connectivity index (χ1v) is 7.28. The van der Waals surface area contributed by atoms with Crippen molar-refractivity contribution in [2.75, 3.05) is 18.0 Å². The van der Waals surface area contributed by atoms with E-state index in [0.29, 0.717) is 0 Å². The number of amides is 1. The van der Waals surface area contributed by atoms with E-state index in [1.807, 2.05) is 35.2 Å². The lowest BCUT2D eigenvalue weighted by atomic mass is 10.1. The molecule has 0 spiro atoms. The van der Waals surface area contributed by atoms with Crippen LogP contribution >= 0.6 is 0 Å². The van der Waals surface area contributed by atoms with Crippen LogP contribution in [0, 0.1) is 0 Å². The van der Waals surface area contributed by atoms with Crippen LogP contribution in [0.5, 0.6) is 0 Å². The van der Waals surface area contributed by atoms with E-state index in [1.165, 1.54) is 5.56 Å². The Morgan fingerprint density at radius 1 is 1.00 bits per heavy atom. The van der Waals surface area contributed by atoms with Crippen molar-refractivity contribution in [3.63, 3.8) is 0 Å². The third kappa shape index (κ3) is 3.19. The van der Waals surface area contributed by atoms with Crippen LogP contribution in [-0.4, -0.2) is 25.2 Å². The number of aryl methyl sites for hydroxylation is 1. The minimum absolute atomic E-state index is 0.0734. The fourth-order valence-corrected chi connectivity index (χ4v) is 2.62. The maximum absolute atomic E-state index is 12.2. The van der Waals surface area contributed by atoms with Crippen molar-refractivity contribution in [2.24, 2.45) is 4.99 Å². The highest BCUT2D eigenvalue weighted by Crippen LogP contribution is 2.21. The highest BCUT2D eigenvalue weighted by Gasteiger charge is 2.19. The van der Waals surface area contributed by atoms with Crippen molar-refractivity contribution in [1.82, 2.24) is 0 Å². The fourth-order valence-electron chi connectivity index (χ4n) is 2.62. The second-order valence-corrected chi connectivity index (χ2v) is 5.16. The predicted octanol–water partition coefficient (Wildman–Crippen LogP) is 3.08. The molecule has 0 saturated heterocycles. The second kappa shape index (κ2) is 6.35. The zero-order chi connectivity index (χ0) is 14.5. The van der Waals surface area contributed by atoms with E-state index in [9.17, 15) is 4.79 Å². The van der Waals surface area contributed by atoms with Crippen molar-refractivity contribution in [3.05, 3.63) is 65.7 Å². The van der Waals surface area contributed by atoms with Gasteiger partial charge in [-0.25, -0.2) is 0 Å². The van der Waals surface area contributed by atoms with Gasteiger partial charge in [0.1, 0.15) is 6.54 Å². The fraction of sp³-hybridized carbons (Fsp3) is 0.222. The first-order valence-electron chi connectivity index (χ1n) is 7.28. The number of anilines is 1. The zero-order valence-electron chi connectivity index (χ0n) is 11.9. The number of fused-ring (bicyclic) bond motifs is 1. The molecular formula is C18H18N2O. The smallest absolute Gasteiger partial charge is 0.248 e. The van der Waals surface area contributed by atoms with Gasteiger partial charge in [-0.1, -0.05) is 48.5 Å². The van der Waals surface area contributed by atoms with Gasteiger partial charge < -0.3 is 4.90 Å². The molecule has 1 heterocycles. The van der Waals surface area contributed by atoms with Gasteiger partial charge in [-0.05, 0) is 24.5 Å². The first-order chi connectivity index (χ1) is 10.3. The largest absolute Gasteiger partial charge is 0.310 e. The first kappa shape index (κ1) is 13.6. The third-order valence-electron chi connectivity index (χ3n) is 3.68. The van der Waals surface area contributed by atoms with Crippen molar-refractivity contribution in [2.45, 2.75) is 12.8 Å². The number of hydrogen-bond donors (Lipinski definition) is 0. The Hall–Kier alpha value is -2.42. The molecule has 0 unspecified atom stereocenters. The molecule has 3 rings (SSSR count). The number of hydrogen-bond acceptors (Lipinski definition) is 2. The quantitative estimate of drug-likeness (QED) is 0.846. The van der Waals surface area contributed by atoms with Crippen molar-refractivity contribution >= 4 is 17.8 Å². The molecule has 0 aromatic heterocycles. The van der Waals surface area contributed by atoms with Gasteiger partial charge in [0.15, 0.2) is 0 Å². The van der Waals surface area contributed by atoms with E-state index in [1.54, 1.807) is 6.21 Å². The van der Waals surface area contributed by atoms with Gasteiger partial charge in [0, 0.05) is 18.3 Å². The SMILES string of the molecule is O=C1CN=Cc2ccccc2N1CCCc1ccccc1. The average molecular weight is 278 g/mol. The van der Waals surface area contributed by atoms with E-state index >= 15 is 0 Å². The average Bonchev–Trinajstić information content (AvgIpc) is 2.68. The molecule has 106 valence electrons. The number of benzodiazepines with no additional fused rings is 1. The molecule has 21 heavy (non-hydrogen) atoms. The molecule has 0 aliphatic carbocycles. The van der Waals surface area contributed by atoms with E-state index in [0.717, 1.165) is 30.6 Å². The second-order valence-electron chi connectivity index (χ2n) is 5.16. The number of carbonyl (C=O) groups is 1. The Morgan fingerprint density at radius 3 is 2.62 bits per heavy atom. The lowest BCUT2D eigenvalue weighted by Gasteiger charge is -2.22. The van der Waals surface area contributed by atoms with Gasteiger partial charge in [0.05, 0.1) is 5.69 Å². The monoisotopic (exact) mass is 278 g/mol. The van der Waals surface area contributed by atoms with Crippen LogP contribution in [0.3, 0.4) is 0 Å². The minimum atomic E-state index is 0.0734. The molecule has 0 atom stereocenters. The molecule has 0 fully saturated rings. The van der Waals surface area contributed by atoms with Gasteiger partial charge in [-0.2, -0.15) is 0 Å². The van der Waals surface area contributed by atoms with Gasteiger partial charge in [-0.15, -0.1) is 0 Å². The van der Waals surface area contributed by atoms with Gasteiger partial charge in [0.2, 0.25) is 5.91 Å². The van der Waals surface area contributed by atoms with Gasteiger partial charge in [0.25, 0.3) is 0 Å². The molecule has 1 amide bonds. The van der Waals surface area contributed by atoms with Crippen LogP contribution in [0.2, 0.25) is 0 Å². The lowest BCUT2D eigenvalue weighted by molar-refractivity contribution is -0.117. The molecule has 1 aliphatic rings. The molecule has 0 radical (unpaired) electrons. The number of aliphatic imine (C=N–C) groups is 1. The number of carbonyl (C=O) groups excluding carboxylic acids is 1. The molecule has 0 saturated carbocycles. The normalized spacial score (nSPS) is 13.9. The topological polar surface area (TPSA) is 32.7 Å². The summed E-state index contributed by atoms with van der Waals surface area (Å²) >= 11 is 0. The molecule has 0 bridgehead atoms. The summed E-state index contributed by atoms with van der Waals surface area (Å²) in [5, 5.41) is 0. The van der Waals surface area contributed by atoms with Crippen molar-refractivity contribution in [1.29, 1.82) is 0 Å². The van der Waals surface area contributed by atoms with E-state index in [2.05, 4.69) is 29.3 Å². The highest BCUT2D eigenvalue weighted by atomic mass is 16.2. The summed E-state index contributed by atoms with van der Waals surface area (Å²) in [6.45, 7) is 0.966. The summed E-state index contributed by atoms with van der Waals surface area (Å²) in [5.41, 5.74) is 3.30. The number of para-hydroxylation sites is 1. The standard InChI is InChI=1S/C18H18N2O/c21-18-14-19-13-16-10-4-5-11-17(16)20(18)12-6-9-15-7-2-1-3-8-15/h1-5,7-8,10-11,13H,6,9,12,14H2. The molecule has 2 aromatic carbocycles. The van der Waals surface area contributed by atoms with Crippen molar-refractivity contribution < 1.29 is 4.79 Å². The van der Waals surface area contributed by atoms with Crippen LogP contribution in [-0.2, 0) is 11.2 Å². The van der Waals surface area contributed by atoms with Gasteiger partial charge in [-0.3, -0.25) is 9.79 Å². The molecule has 3 nitrogen and oxygen atoms in total. The van der Waals surface area contributed by atoms with E-state index < -0.39 is 0 Å². The van der Waals surface area contributed by atoms with Crippen LogP contribution in [0.25, 0.3) is 0 Å². The van der Waals surface area contributed by atoms with Crippen molar-refractivity contribution in [3.8, 4) is 0 Å². The Labute approximate surface area is 124 Å². The zero-order valence-corrected chi connectivity index (χ0v) is 11.9. The number of rotatable bonds is 4. The molecule has 2 aromatic rings. The summed E-state index contributed by atoms with van der Waals surface area (Å²) in [5.74, 6) is 0.0734. The lowest BCUT2D eigenvalue weighted by Crippen LogP contribution is -2.33. The number of nitrogens with zero attached hydrogens (tertiary/aromatic N) is 2. The summed E-state index contributed by atoms with van der Waals surface area (Å²) < 4.78 is 0. The van der Waals surface area contributed by atoms with E-state index in [4.69, 9.17) is 0 Å². The van der Waals surface area contributed by atoms with Crippen LogP contribution in [0.15, 0.2) is 59.6 Å². The predicted molar refractivity (Wildman–Crippen MR) is 86.0 cm³/mol. The summed E-state index contributed by atoms with van der Waals surface area (Å²) in [6.07, 6.45) is 3.72. The maximum Gasteiger partial charge on any atom is 0.248 e. The van der Waals surface area contributed by atoms with Crippen LogP contribution in [0.4, 0.5) is 5.69 Å². The number of benzene rings is 2. The summed E-state index contributed by atoms with van der Waals surface area (Å²) in [4.78, 5) is 18.3. The molecular weight excluding hydrogens is 260 g/mol. The Kier molecular flexibility index (Phi) is 4.10. The minimum Gasteiger partial charge on any atom is -0.310 e.